The van der Waals surface area contributed by atoms with E-state index in [9.17, 15) is 14.4 Å². The smallest absolute Gasteiger partial charge is 0.422 e. The molecule has 2 rings (SSSR count). The Morgan fingerprint density at radius 3 is 2.53 bits per heavy atom. The minimum absolute atomic E-state index is 0.255. The number of aromatic nitrogens is 2. The Morgan fingerprint density at radius 2 is 1.94 bits per heavy atom. The summed E-state index contributed by atoms with van der Waals surface area (Å²) < 4.78 is 10.5. The average molecular weight is 480 g/mol. The summed E-state index contributed by atoms with van der Waals surface area (Å²) in [4.78, 5) is 48.0. The van der Waals surface area contributed by atoms with Gasteiger partial charge in [-0.3, -0.25) is 9.78 Å². The minimum atomic E-state index is -0.766. The van der Waals surface area contributed by atoms with Gasteiger partial charge in [0.1, 0.15) is 15.6 Å². The number of thiazole rings is 1. The molecule has 174 valence electrons. The Kier molecular flexibility index (Phi) is 8.80. The third kappa shape index (κ3) is 6.52. The third-order valence-electron chi connectivity index (χ3n) is 4.11. The van der Waals surface area contributed by atoms with Crippen molar-refractivity contribution in [1.82, 2.24) is 9.97 Å². The monoisotopic (exact) mass is 479 g/mol. The maximum Gasteiger partial charge on any atom is 0.422 e. The first-order valence-corrected chi connectivity index (χ1v) is 12.3. The molecule has 0 N–H and O–H groups in total. The van der Waals surface area contributed by atoms with Gasteiger partial charge in [0.05, 0.1) is 17.9 Å². The predicted molar refractivity (Wildman–Crippen MR) is 127 cm³/mol. The lowest BCUT2D eigenvalue weighted by Crippen LogP contribution is -2.44. The van der Waals surface area contributed by atoms with E-state index in [1.807, 2.05) is 6.26 Å². The van der Waals surface area contributed by atoms with Crippen LogP contribution in [0.15, 0.2) is 18.5 Å². The highest BCUT2D eigenvalue weighted by atomic mass is 32.2. The molecule has 0 aliphatic rings. The number of hydrogen-bond acceptors (Lipinski definition) is 9. The van der Waals surface area contributed by atoms with Crippen LogP contribution in [0.5, 0.6) is 0 Å². The van der Waals surface area contributed by atoms with Gasteiger partial charge >= 0.3 is 12.1 Å². The molecule has 0 saturated heterocycles. The van der Waals surface area contributed by atoms with Crippen molar-refractivity contribution in [2.24, 2.45) is 5.92 Å². The van der Waals surface area contributed by atoms with Crippen molar-refractivity contribution in [3.8, 4) is 10.6 Å². The van der Waals surface area contributed by atoms with Crippen LogP contribution in [0.4, 0.5) is 9.80 Å². The molecule has 0 spiro atoms. The largest absolute Gasteiger partial charge is 0.462 e. The Balaban J connectivity index is 2.48. The standard InChI is InChI=1S/C22H29N3O5S2/c1-8-29-20(27)16-9-15(10-23-11-16)17-24-14(3)19(32-17)25(18(26)13(2)12-31-7)21(28)30-22(4,5)6/h9-11,13H,8,12H2,1-7H3. The maximum absolute atomic E-state index is 13.2. The zero-order valence-electron chi connectivity index (χ0n) is 19.4. The SMILES string of the molecule is CCOC(=O)c1cncc(-c2nc(C)c(N(C(=O)OC(C)(C)C)C(=O)C(C)CSC)s2)c1. The van der Waals surface area contributed by atoms with E-state index in [2.05, 4.69) is 9.97 Å². The van der Waals surface area contributed by atoms with Crippen LogP contribution in [-0.2, 0) is 14.3 Å². The molecule has 0 aliphatic carbocycles. The van der Waals surface area contributed by atoms with Crippen molar-refractivity contribution in [3.05, 3.63) is 29.7 Å². The number of thioether (sulfide) groups is 1. The van der Waals surface area contributed by atoms with Gasteiger partial charge in [-0.1, -0.05) is 18.3 Å². The van der Waals surface area contributed by atoms with Crippen molar-refractivity contribution in [2.75, 3.05) is 23.5 Å². The molecule has 2 heterocycles. The van der Waals surface area contributed by atoms with E-state index in [4.69, 9.17) is 9.47 Å². The van der Waals surface area contributed by atoms with Gasteiger partial charge in [0.2, 0.25) is 5.91 Å². The first-order valence-electron chi connectivity index (χ1n) is 10.1. The van der Waals surface area contributed by atoms with Gasteiger partial charge in [-0.05, 0) is 46.9 Å². The van der Waals surface area contributed by atoms with Crippen LogP contribution in [0.2, 0.25) is 0 Å². The highest BCUT2D eigenvalue weighted by Crippen LogP contribution is 2.36. The number of rotatable bonds is 7. The maximum atomic E-state index is 13.2. The van der Waals surface area contributed by atoms with E-state index in [1.165, 1.54) is 29.3 Å². The Hall–Kier alpha value is -2.46. The van der Waals surface area contributed by atoms with Crippen molar-refractivity contribution >= 4 is 46.1 Å². The number of hydrogen-bond donors (Lipinski definition) is 0. The number of carbonyl (C=O) groups excluding carboxylic acids is 3. The zero-order valence-corrected chi connectivity index (χ0v) is 21.1. The molecule has 2 amide bonds. The molecular weight excluding hydrogens is 450 g/mol. The lowest BCUT2D eigenvalue weighted by Gasteiger charge is -2.27. The summed E-state index contributed by atoms with van der Waals surface area (Å²) in [6, 6.07) is 1.63. The second-order valence-electron chi connectivity index (χ2n) is 8.10. The average Bonchev–Trinajstić information content (AvgIpc) is 3.08. The molecule has 0 aromatic carbocycles. The number of pyridine rings is 1. The molecule has 2 aromatic rings. The summed E-state index contributed by atoms with van der Waals surface area (Å²) in [5.74, 6) is -0.665. The highest BCUT2D eigenvalue weighted by Gasteiger charge is 2.34. The van der Waals surface area contributed by atoms with Gasteiger partial charge in [0.25, 0.3) is 0 Å². The topological polar surface area (TPSA) is 98.7 Å². The molecule has 1 atom stereocenters. The van der Waals surface area contributed by atoms with Gasteiger partial charge in [-0.2, -0.15) is 11.8 Å². The number of nitrogens with zero attached hydrogens (tertiary/aromatic N) is 3. The van der Waals surface area contributed by atoms with Crippen molar-refractivity contribution in [1.29, 1.82) is 0 Å². The van der Waals surface area contributed by atoms with Gasteiger partial charge < -0.3 is 9.47 Å². The first kappa shape index (κ1) is 25.8. The van der Waals surface area contributed by atoms with E-state index in [0.29, 0.717) is 32.6 Å². The number of carbonyl (C=O) groups is 3. The van der Waals surface area contributed by atoms with Gasteiger partial charge in [0.15, 0.2) is 0 Å². The molecule has 0 bridgehead atoms. The van der Waals surface area contributed by atoms with Gasteiger partial charge in [-0.15, -0.1) is 0 Å². The van der Waals surface area contributed by atoms with Crippen LogP contribution in [0, 0.1) is 12.8 Å². The van der Waals surface area contributed by atoms with Crippen molar-refractivity contribution < 1.29 is 23.9 Å². The van der Waals surface area contributed by atoms with Gasteiger partial charge in [-0.25, -0.2) is 19.5 Å². The first-order chi connectivity index (χ1) is 15.0. The number of esters is 1. The lowest BCUT2D eigenvalue weighted by molar-refractivity contribution is -0.121. The molecule has 8 nitrogen and oxygen atoms in total. The number of imide groups is 1. The molecular formula is C22H29N3O5S2. The van der Waals surface area contributed by atoms with Crippen LogP contribution >= 0.6 is 23.1 Å². The molecule has 0 saturated carbocycles. The van der Waals surface area contributed by atoms with Crippen LogP contribution in [0.3, 0.4) is 0 Å². The van der Waals surface area contributed by atoms with Crippen LogP contribution in [0.1, 0.15) is 50.7 Å². The van der Waals surface area contributed by atoms with Crippen LogP contribution in [-0.4, -0.2) is 52.2 Å². The fourth-order valence-electron chi connectivity index (χ4n) is 2.72. The molecule has 0 fully saturated rings. The molecule has 32 heavy (non-hydrogen) atoms. The number of ether oxygens (including phenoxy) is 2. The second-order valence-corrected chi connectivity index (χ2v) is 9.99. The molecule has 10 heteroatoms. The summed E-state index contributed by atoms with van der Waals surface area (Å²) in [6.07, 6.45) is 4.15. The number of anilines is 1. The number of amides is 2. The van der Waals surface area contributed by atoms with E-state index in [0.717, 1.165) is 4.90 Å². The quantitative estimate of drug-likeness (QED) is 0.514. The minimum Gasteiger partial charge on any atom is -0.462 e. The van der Waals surface area contributed by atoms with Crippen molar-refractivity contribution in [2.45, 2.75) is 47.1 Å². The van der Waals surface area contributed by atoms with Crippen LogP contribution in [0.25, 0.3) is 10.6 Å². The fraction of sp³-hybridized carbons (Fsp3) is 0.500. The van der Waals surface area contributed by atoms with Gasteiger partial charge in [0, 0.05) is 29.6 Å². The van der Waals surface area contributed by atoms with E-state index in [-0.39, 0.29) is 12.5 Å². The molecule has 0 aliphatic heterocycles. The normalized spacial score (nSPS) is 12.2. The summed E-state index contributed by atoms with van der Waals surface area (Å²) in [5.41, 5.74) is 0.621. The fourth-order valence-corrected chi connectivity index (χ4v) is 4.41. The van der Waals surface area contributed by atoms with Crippen LogP contribution < -0.4 is 4.90 Å². The summed E-state index contributed by atoms with van der Waals surface area (Å²) in [5, 5.41) is 0.906. The van der Waals surface area contributed by atoms with E-state index >= 15 is 0 Å². The lowest BCUT2D eigenvalue weighted by atomic mass is 10.2. The highest BCUT2D eigenvalue weighted by molar-refractivity contribution is 7.98. The molecule has 1 unspecified atom stereocenters. The number of aryl methyl sites for hydroxylation is 1. The summed E-state index contributed by atoms with van der Waals surface area (Å²) in [7, 11) is 0. The second kappa shape index (κ2) is 10.9. The predicted octanol–water partition coefficient (Wildman–Crippen LogP) is 4.96. The third-order valence-corrected chi connectivity index (χ3v) is 6.13. The molecule has 2 aromatic heterocycles. The Bertz CT molecular complexity index is 984. The summed E-state index contributed by atoms with van der Waals surface area (Å²) >= 11 is 2.69. The zero-order chi connectivity index (χ0) is 24.1. The van der Waals surface area contributed by atoms with E-state index in [1.54, 1.807) is 53.8 Å². The van der Waals surface area contributed by atoms with Crippen molar-refractivity contribution in [3.63, 3.8) is 0 Å². The summed E-state index contributed by atoms with van der Waals surface area (Å²) in [6.45, 7) is 10.7. The Morgan fingerprint density at radius 1 is 1.25 bits per heavy atom. The Labute approximate surface area is 196 Å². The van der Waals surface area contributed by atoms with E-state index < -0.39 is 23.6 Å². The molecule has 0 radical (unpaired) electrons.